The molecule has 13 aromatic rings. The molecule has 12 heterocycles. The van der Waals surface area contributed by atoms with Crippen molar-refractivity contribution in [2.75, 3.05) is 39.9 Å². The molecule has 52 heteroatoms. The Morgan fingerprint density at radius 1 is 0.550 bits per heavy atom. The number of esters is 1. The van der Waals surface area contributed by atoms with Crippen LogP contribution < -0.4 is 57.3 Å². The number of carbonyl (C=O) groups is 4. The molecule has 11 aromatic heterocycles. The van der Waals surface area contributed by atoms with Crippen molar-refractivity contribution < 1.29 is 163 Å². The average molecular weight is 2100 g/mol. The van der Waals surface area contributed by atoms with Crippen LogP contribution in [0.4, 0.5) is 102 Å². The molecule has 696 valence electrons. The monoisotopic (exact) mass is 2100 g/mol. The fraction of sp³-hybridized carbons (Fsp3) is 0.253. The Balaban J connectivity index is 0.000000311. The molecule has 2 aromatic carbocycles. The number of alkyl halides is 20. The van der Waals surface area contributed by atoms with Gasteiger partial charge in [0.15, 0.2) is 0 Å². The molecule has 0 aliphatic carbocycles. The van der Waals surface area contributed by atoms with E-state index in [1.165, 1.54) is 145 Å². The molecular weight excluding hydrogens is 2030 g/mol. The topological polar surface area (TPSA) is 401 Å². The number of aromatic nitrogens is 11. The van der Waals surface area contributed by atoms with Crippen LogP contribution in [0.1, 0.15) is 93.4 Å². The fourth-order valence-electron chi connectivity index (χ4n) is 12.6. The number of carbonyl (C=O) groups excluding carboxylic acids is 2. The molecule has 0 spiro atoms. The van der Waals surface area contributed by atoms with Crippen LogP contribution in [0.25, 0.3) is 76.5 Å². The first-order valence-corrected chi connectivity index (χ1v) is 37.8. The fourth-order valence-corrected chi connectivity index (χ4v) is 14.3. The van der Waals surface area contributed by atoms with E-state index in [4.69, 9.17) is 12.6 Å². The summed E-state index contributed by atoms with van der Waals surface area (Å²) in [7, 11) is 1.60. The molecule has 0 radical (unpaired) electrons. The van der Waals surface area contributed by atoms with Crippen LogP contribution in [0.5, 0.6) is 0 Å². The summed E-state index contributed by atoms with van der Waals surface area (Å²) in [6.45, 7) is 3.20. The molecule has 2 atom stereocenters. The van der Waals surface area contributed by atoms with E-state index in [2.05, 4.69) is 49.6 Å². The van der Waals surface area contributed by atoms with Gasteiger partial charge in [0.05, 0.1) is 129 Å². The zero-order valence-electron chi connectivity index (χ0n) is 69.0. The number of aromatic amines is 3. The third kappa shape index (κ3) is 25.7. The SMILES string of the molecule is C1CCOC1.CC[C@@H](Nc1cc(F)c(C(=O)N[C@@H](Cc2ccc(-c3c(C(F)(F)F)c4ccncc4n(C)c3=O)c3ncccc23)C(=O)O)c(F)c1)C(F)(F)F.COC(=O)c1c(C(F)(F)F)c2ccncc2[nH]c1=O.Cn1c(=O)c(I)c(C(F)(F)F)c2ccncc21.O=C(O)c1c(C(F)(F)F)c2ccncc2[nH]c1=O.O=c1[nH]c2cnccc2c(C(F)(F)F)c1I.[2H]CF.[2H]CF.[Li+].[OH-]. The predicted octanol–water partition coefficient (Wildman–Crippen LogP) is 13.9. The number of ether oxygens (including phenoxy) is 2. The molecule has 1 fully saturated rings. The summed E-state index contributed by atoms with van der Waals surface area (Å²) in [5.74, 6) is -9.61. The number of pyridine rings is 11. The second-order valence-corrected chi connectivity index (χ2v) is 28.2. The third-order valence-electron chi connectivity index (χ3n) is 18.1. The summed E-state index contributed by atoms with van der Waals surface area (Å²) in [5, 5.41) is 21.6. The van der Waals surface area contributed by atoms with E-state index < -0.39 is 201 Å². The number of hydrogen-bond donors (Lipinski definition) is 7. The number of nitrogens with one attached hydrogen (secondary N) is 5. The second-order valence-electron chi connectivity index (χ2n) is 26.1. The Labute approximate surface area is 760 Å². The summed E-state index contributed by atoms with van der Waals surface area (Å²) in [4.78, 5) is 136. The van der Waals surface area contributed by atoms with Crippen LogP contribution in [0.3, 0.4) is 0 Å². The maximum Gasteiger partial charge on any atom is 1.00 e. The molecule has 0 bridgehead atoms. The van der Waals surface area contributed by atoms with Crippen LogP contribution in [-0.2, 0) is 65.7 Å². The van der Waals surface area contributed by atoms with Gasteiger partial charge in [-0.2, -0.15) is 79.0 Å². The number of fused-ring (bicyclic) bond motifs is 6. The van der Waals surface area contributed by atoms with E-state index in [0.717, 1.165) is 86.3 Å². The standard InChI is InChI=1S/C33H25F8N5O4.C11H7F3N2O3.C10H6F3IN2O.C10H5F3N2O3.C9H4F3IN2O.C4H8O.2CH3F.Li.H2O/c1-3-24(32(36,37)38)44-16-12-20(34)26(21(35)13-16)29(47)45-22(31(49)50)11-15-6-7-19(28-17(15)5-4-9-43-28)25-27(33(39,40)41)18-8-10-42-14-23(18)46(2)30(25)48;1-19-10(18)7-8(11(12,13)14)5-2-3-15-4-6(5)16-9(7)17;1-16-6-4-15-3-2-5(6)7(10(11,12)13)8(14)9(16)17;11-10(12,13)7-4-1-2-14-3-5(4)15-8(16)6(7)9(17)18;10-9(11,12)6-4-1-2-14-3-5(4)15-8(16)7(6)13;1-2-4-5-3-1;2*1-2;;/h4-10,12-14,22,24,44H,3,11H2,1-2H3,(H,45,47)(H,49,50);2-4H,1H3,(H,16,17);2-4H,1H3;1-3H,(H,15,16)(H,17,18);1-3H,(H,15,16);1-4H2;2*1H3;;1H2/q;;;;;;;;+1;/p-1/t22-,24+;;;;;;;;;/m0........./s1/i;;;;;;2*1D;;. The molecule has 1 saturated heterocycles. The first-order valence-electron chi connectivity index (χ1n) is 37.0. The number of hydrogen-bond acceptors (Lipinski definition) is 19. The molecule has 0 unspecified atom stereocenters. The van der Waals surface area contributed by atoms with E-state index in [1.54, 1.807) is 0 Å². The quantitative estimate of drug-likeness (QED) is 0.0274. The number of carboxylic acid groups (broad SMARTS) is 2. The predicted molar refractivity (Wildman–Crippen MR) is 439 cm³/mol. The number of aromatic carboxylic acids is 1. The van der Waals surface area contributed by atoms with Crippen molar-refractivity contribution in [1.29, 1.82) is 0 Å². The first kappa shape index (κ1) is 106. The third-order valence-corrected chi connectivity index (χ3v) is 20.2. The molecule has 8 N–H and O–H groups in total. The number of aliphatic carboxylic acids is 1. The smallest absolute Gasteiger partial charge is 0.870 e. The van der Waals surface area contributed by atoms with Crippen LogP contribution in [-0.4, -0.2) is 146 Å². The first-order chi connectivity index (χ1) is 61.2. The average Bonchev–Trinajstić information content (AvgIpc) is 0.955. The van der Waals surface area contributed by atoms with Crippen molar-refractivity contribution in [2.24, 2.45) is 14.1 Å². The number of methoxy groups -OCH3 is 1. The Morgan fingerprint density at radius 3 is 1.37 bits per heavy atom. The maximum absolute atomic E-state index is 14.9. The summed E-state index contributed by atoms with van der Waals surface area (Å²) >= 11 is 2.82. The zero-order chi connectivity index (χ0) is 98.1. The van der Waals surface area contributed by atoms with Gasteiger partial charge in [-0.05, 0) is 119 Å². The van der Waals surface area contributed by atoms with Crippen molar-refractivity contribution in [3.63, 3.8) is 0 Å². The van der Waals surface area contributed by atoms with E-state index in [9.17, 15) is 145 Å². The van der Waals surface area contributed by atoms with E-state index >= 15 is 0 Å². The van der Waals surface area contributed by atoms with Crippen LogP contribution in [0, 0.1) is 18.8 Å². The van der Waals surface area contributed by atoms with Gasteiger partial charge in [-0.25, -0.2) is 23.2 Å². The number of halogens is 24. The zero-order valence-corrected chi connectivity index (χ0v) is 71.3. The van der Waals surface area contributed by atoms with Gasteiger partial charge in [0.2, 0.25) is 0 Å². The van der Waals surface area contributed by atoms with E-state index in [-0.39, 0.29) is 103 Å². The minimum absolute atomic E-state index is 0. The molecule has 0 saturated carbocycles. The minimum Gasteiger partial charge on any atom is -0.870 e. The van der Waals surface area contributed by atoms with Crippen molar-refractivity contribution in [2.45, 2.75) is 81.7 Å². The number of anilines is 1. The normalized spacial score (nSPS) is 12.6. The molecule has 1 amide bonds. The van der Waals surface area contributed by atoms with Crippen LogP contribution in [0.15, 0.2) is 159 Å². The summed E-state index contributed by atoms with van der Waals surface area (Å²) < 4.78 is 310. The van der Waals surface area contributed by atoms with Gasteiger partial charge in [-0.3, -0.25) is 67.5 Å². The van der Waals surface area contributed by atoms with Gasteiger partial charge < -0.3 is 59.9 Å². The van der Waals surface area contributed by atoms with E-state index in [0.29, 0.717) is 12.1 Å². The molecule has 1 aliphatic rings. The number of aryl methyl sites for hydroxylation is 2. The van der Waals surface area contributed by atoms with Gasteiger partial charge in [0.1, 0.15) is 40.4 Å². The summed E-state index contributed by atoms with van der Waals surface area (Å²) in [6.07, 6.45) is -14.3. The van der Waals surface area contributed by atoms with Crippen molar-refractivity contribution in [3.05, 3.63) is 256 Å². The molecule has 1 aliphatic heterocycles. The van der Waals surface area contributed by atoms with Gasteiger partial charge in [-0.15, -0.1) is 0 Å². The Bertz CT molecular complexity index is 6690. The van der Waals surface area contributed by atoms with Crippen LogP contribution >= 0.6 is 45.2 Å². The second kappa shape index (κ2) is 45.5. The van der Waals surface area contributed by atoms with E-state index in [1.807, 2.05) is 10.6 Å². The van der Waals surface area contributed by atoms with Gasteiger partial charge in [0.25, 0.3) is 33.7 Å². The summed E-state index contributed by atoms with van der Waals surface area (Å²) in [5.41, 5.74) is -16.0. The number of benzene rings is 2. The Kier molecular flexibility index (Phi) is 36.8. The van der Waals surface area contributed by atoms with Crippen molar-refractivity contribution >= 4 is 140 Å². The van der Waals surface area contributed by atoms with Crippen LogP contribution in [0.2, 0.25) is 0 Å². The maximum atomic E-state index is 14.9. The summed E-state index contributed by atoms with van der Waals surface area (Å²) in [6, 6.07) is 7.80. The van der Waals surface area contributed by atoms with Crippen molar-refractivity contribution in [3.8, 4) is 11.1 Å². The van der Waals surface area contributed by atoms with Gasteiger partial charge >= 0.3 is 73.8 Å². The molecule has 27 nitrogen and oxygen atoms in total. The van der Waals surface area contributed by atoms with Gasteiger partial charge in [0, 0.05) is 114 Å². The minimum atomic E-state index is -5.00. The number of carboxylic acids is 2. The van der Waals surface area contributed by atoms with Gasteiger partial charge in [-0.1, -0.05) is 25.1 Å². The molecule has 14 rings (SSSR count). The Hall–Kier alpha value is -12.2. The number of H-pyrrole nitrogens is 3. The number of amides is 1. The molecular formula is C79H62F22I2LiN13O14. The Morgan fingerprint density at radius 2 is 0.954 bits per heavy atom. The molecule has 131 heavy (non-hydrogen) atoms. The van der Waals surface area contributed by atoms with Crippen molar-refractivity contribution in [1.82, 2.24) is 59.3 Å². The number of rotatable bonds is 11. The number of nitrogens with zero attached hydrogens (tertiary/aromatic N) is 8. The largest absolute Gasteiger partial charge is 1.00 e.